The standard InChI is InChI=1S/C16H27ClN2/c1-5-14(6-2)16(19(3)4)12-18-11-13-7-9-15(17)10-8-13/h7-10,14,16,18H,5-6,11-12H2,1-4H3. The fourth-order valence-corrected chi connectivity index (χ4v) is 2.70. The first-order valence-corrected chi connectivity index (χ1v) is 7.57. The Morgan fingerprint density at radius 3 is 2.16 bits per heavy atom. The minimum Gasteiger partial charge on any atom is -0.311 e. The molecule has 1 N–H and O–H groups in total. The van der Waals surface area contributed by atoms with Crippen LogP contribution in [-0.4, -0.2) is 31.6 Å². The lowest BCUT2D eigenvalue weighted by molar-refractivity contribution is 0.194. The highest BCUT2D eigenvalue weighted by Crippen LogP contribution is 2.16. The smallest absolute Gasteiger partial charge is 0.0406 e. The summed E-state index contributed by atoms with van der Waals surface area (Å²) in [5.74, 6) is 0.757. The van der Waals surface area contributed by atoms with Gasteiger partial charge in [0.15, 0.2) is 0 Å². The molecule has 0 radical (unpaired) electrons. The molecule has 0 aromatic heterocycles. The number of nitrogens with zero attached hydrogens (tertiary/aromatic N) is 1. The summed E-state index contributed by atoms with van der Waals surface area (Å²) < 4.78 is 0. The molecule has 0 bridgehead atoms. The summed E-state index contributed by atoms with van der Waals surface area (Å²) in [6, 6.07) is 8.65. The second-order valence-corrected chi connectivity index (χ2v) is 5.80. The summed E-state index contributed by atoms with van der Waals surface area (Å²) in [5.41, 5.74) is 1.28. The molecule has 3 heteroatoms. The number of hydrogen-bond donors (Lipinski definition) is 1. The van der Waals surface area contributed by atoms with Gasteiger partial charge in [0.25, 0.3) is 0 Å². The van der Waals surface area contributed by atoms with Gasteiger partial charge in [-0.2, -0.15) is 0 Å². The van der Waals surface area contributed by atoms with Crippen molar-refractivity contribution in [1.82, 2.24) is 10.2 Å². The van der Waals surface area contributed by atoms with E-state index in [1.807, 2.05) is 12.1 Å². The Morgan fingerprint density at radius 1 is 1.11 bits per heavy atom. The first-order chi connectivity index (χ1) is 9.08. The monoisotopic (exact) mass is 282 g/mol. The zero-order valence-electron chi connectivity index (χ0n) is 12.6. The number of benzene rings is 1. The van der Waals surface area contributed by atoms with Crippen LogP contribution in [0.3, 0.4) is 0 Å². The fraction of sp³-hybridized carbons (Fsp3) is 0.625. The van der Waals surface area contributed by atoms with Crippen molar-refractivity contribution >= 4 is 11.6 Å². The van der Waals surface area contributed by atoms with Gasteiger partial charge in [-0.25, -0.2) is 0 Å². The molecule has 1 atom stereocenters. The van der Waals surface area contributed by atoms with E-state index in [1.54, 1.807) is 0 Å². The molecule has 0 amide bonds. The van der Waals surface area contributed by atoms with Crippen molar-refractivity contribution in [3.8, 4) is 0 Å². The second-order valence-electron chi connectivity index (χ2n) is 5.36. The van der Waals surface area contributed by atoms with E-state index >= 15 is 0 Å². The van der Waals surface area contributed by atoms with Crippen LogP contribution in [0.5, 0.6) is 0 Å². The van der Waals surface area contributed by atoms with E-state index in [2.05, 4.69) is 50.3 Å². The summed E-state index contributed by atoms with van der Waals surface area (Å²) in [6.45, 7) is 6.50. The van der Waals surface area contributed by atoms with Gasteiger partial charge in [-0.3, -0.25) is 0 Å². The molecule has 0 heterocycles. The van der Waals surface area contributed by atoms with E-state index in [0.717, 1.165) is 24.0 Å². The quantitative estimate of drug-likeness (QED) is 0.780. The van der Waals surface area contributed by atoms with Crippen molar-refractivity contribution in [2.45, 2.75) is 39.3 Å². The van der Waals surface area contributed by atoms with Gasteiger partial charge < -0.3 is 10.2 Å². The van der Waals surface area contributed by atoms with E-state index in [0.29, 0.717) is 6.04 Å². The molecule has 19 heavy (non-hydrogen) atoms. The molecule has 0 saturated carbocycles. The van der Waals surface area contributed by atoms with E-state index < -0.39 is 0 Å². The summed E-state index contributed by atoms with van der Waals surface area (Å²) in [7, 11) is 4.35. The first-order valence-electron chi connectivity index (χ1n) is 7.20. The molecule has 1 rings (SSSR count). The minimum absolute atomic E-state index is 0.599. The lowest BCUT2D eigenvalue weighted by Crippen LogP contribution is -2.42. The molecule has 2 nitrogen and oxygen atoms in total. The minimum atomic E-state index is 0.599. The van der Waals surface area contributed by atoms with Gasteiger partial charge in [0, 0.05) is 24.2 Å². The normalized spacial score (nSPS) is 13.2. The van der Waals surface area contributed by atoms with Crippen LogP contribution < -0.4 is 5.32 Å². The van der Waals surface area contributed by atoms with Gasteiger partial charge in [0.05, 0.1) is 0 Å². The predicted octanol–water partition coefficient (Wildman–Crippen LogP) is 3.80. The number of nitrogens with one attached hydrogen (secondary N) is 1. The molecule has 0 saturated heterocycles. The fourth-order valence-electron chi connectivity index (χ4n) is 2.57. The molecule has 0 spiro atoms. The Hall–Kier alpha value is -0.570. The maximum Gasteiger partial charge on any atom is 0.0406 e. The van der Waals surface area contributed by atoms with Crippen LogP contribution in [0.1, 0.15) is 32.3 Å². The zero-order chi connectivity index (χ0) is 14.3. The average Bonchev–Trinajstić information content (AvgIpc) is 2.40. The topological polar surface area (TPSA) is 15.3 Å². The van der Waals surface area contributed by atoms with Crippen molar-refractivity contribution in [2.75, 3.05) is 20.6 Å². The number of hydrogen-bond acceptors (Lipinski definition) is 2. The van der Waals surface area contributed by atoms with Crippen LogP contribution >= 0.6 is 11.6 Å². The zero-order valence-corrected chi connectivity index (χ0v) is 13.4. The Bertz CT molecular complexity index is 344. The Balaban J connectivity index is 2.46. The van der Waals surface area contributed by atoms with Gasteiger partial charge in [-0.05, 0) is 37.7 Å². The lowest BCUT2D eigenvalue weighted by atomic mass is 9.93. The molecule has 0 aliphatic heterocycles. The van der Waals surface area contributed by atoms with Crippen LogP contribution in [0.15, 0.2) is 24.3 Å². The van der Waals surface area contributed by atoms with Gasteiger partial charge in [-0.15, -0.1) is 0 Å². The van der Waals surface area contributed by atoms with Gasteiger partial charge in [0.1, 0.15) is 0 Å². The predicted molar refractivity (Wildman–Crippen MR) is 84.7 cm³/mol. The Kier molecular flexibility index (Phi) is 7.44. The van der Waals surface area contributed by atoms with E-state index in [1.165, 1.54) is 18.4 Å². The van der Waals surface area contributed by atoms with Crippen LogP contribution in [0.2, 0.25) is 5.02 Å². The van der Waals surface area contributed by atoms with Gasteiger partial charge >= 0.3 is 0 Å². The van der Waals surface area contributed by atoms with Crippen molar-refractivity contribution in [3.05, 3.63) is 34.9 Å². The number of rotatable bonds is 8. The third kappa shape index (κ3) is 5.52. The van der Waals surface area contributed by atoms with Crippen LogP contribution in [-0.2, 0) is 6.54 Å². The van der Waals surface area contributed by atoms with Crippen LogP contribution in [0, 0.1) is 5.92 Å². The Morgan fingerprint density at radius 2 is 1.68 bits per heavy atom. The second kappa shape index (κ2) is 8.57. The molecule has 0 fully saturated rings. The molecule has 1 unspecified atom stereocenters. The first kappa shape index (κ1) is 16.5. The van der Waals surface area contributed by atoms with E-state index in [9.17, 15) is 0 Å². The largest absolute Gasteiger partial charge is 0.311 e. The summed E-state index contributed by atoms with van der Waals surface area (Å²) in [6.07, 6.45) is 2.48. The maximum absolute atomic E-state index is 5.89. The average molecular weight is 283 g/mol. The summed E-state index contributed by atoms with van der Waals surface area (Å²) in [4.78, 5) is 2.34. The summed E-state index contributed by atoms with van der Waals surface area (Å²) in [5, 5.41) is 4.37. The molecular weight excluding hydrogens is 256 g/mol. The highest BCUT2D eigenvalue weighted by molar-refractivity contribution is 6.30. The van der Waals surface area contributed by atoms with Crippen molar-refractivity contribution < 1.29 is 0 Å². The lowest BCUT2D eigenvalue weighted by Gasteiger charge is -2.31. The molecular formula is C16H27ClN2. The molecule has 0 aliphatic rings. The molecule has 1 aromatic rings. The molecule has 0 aliphatic carbocycles. The third-order valence-corrected chi connectivity index (χ3v) is 4.10. The van der Waals surface area contributed by atoms with Gasteiger partial charge in [0.2, 0.25) is 0 Å². The summed E-state index contributed by atoms with van der Waals surface area (Å²) >= 11 is 5.89. The van der Waals surface area contributed by atoms with Gasteiger partial charge in [-0.1, -0.05) is 50.4 Å². The molecule has 1 aromatic carbocycles. The van der Waals surface area contributed by atoms with Crippen LogP contribution in [0.25, 0.3) is 0 Å². The number of halogens is 1. The van der Waals surface area contributed by atoms with Crippen molar-refractivity contribution in [1.29, 1.82) is 0 Å². The highest BCUT2D eigenvalue weighted by Gasteiger charge is 2.19. The van der Waals surface area contributed by atoms with E-state index in [-0.39, 0.29) is 0 Å². The van der Waals surface area contributed by atoms with Crippen molar-refractivity contribution in [2.24, 2.45) is 5.92 Å². The van der Waals surface area contributed by atoms with E-state index in [4.69, 9.17) is 11.6 Å². The Labute approximate surface area is 123 Å². The van der Waals surface area contributed by atoms with Crippen molar-refractivity contribution in [3.63, 3.8) is 0 Å². The SMILES string of the molecule is CCC(CC)C(CNCc1ccc(Cl)cc1)N(C)C. The molecule has 108 valence electrons. The van der Waals surface area contributed by atoms with Crippen LogP contribution in [0.4, 0.5) is 0 Å². The third-order valence-electron chi connectivity index (χ3n) is 3.85. The highest BCUT2D eigenvalue weighted by atomic mass is 35.5. The maximum atomic E-state index is 5.89. The number of likely N-dealkylation sites (N-methyl/N-ethyl adjacent to an activating group) is 1.